The van der Waals surface area contributed by atoms with Crippen molar-refractivity contribution in [3.8, 4) is 11.5 Å². The first-order valence-corrected chi connectivity index (χ1v) is 10.1. The van der Waals surface area contributed by atoms with Crippen LogP contribution in [0.2, 0.25) is 0 Å². The van der Waals surface area contributed by atoms with Gasteiger partial charge in [-0.3, -0.25) is 4.79 Å². The highest BCUT2D eigenvalue weighted by molar-refractivity contribution is 5.96. The van der Waals surface area contributed by atoms with Gasteiger partial charge in [-0.25, -0.2) is 0 Å². The van der Waals surface area contributed by atoms with Crippen LogP contribution in [0, 0.1) is 6.92 Å². The number of rotatable bonds is 6. The van der Waals surface area contributed by atoms with Crippen molar-refractivity contribution in [1.29, 1.82) is 0 Å². The minimum absolute atomic E-state index is 0.0890. The summed E-state index contributed by atoms with van der Waals surface area (Å²) in [6, 6.07) is 21.6. The number of aryl methyl sites for hydroxylation is 1. The van der Waals surface area contributed by atoms with Gasteiger partial charge in [0.25, 0.3) is 0 Å². The van der Waals surface area contributed by atoms with E-state index in [9.17, 15) is 4.79 Å². The molecule has 3 aromatic carbocycles. The quantitative estimate of drug-likeness (QED) is 0.608. The molecule has 0 unspecified atom stereocenters. The van der Waals surface area contributed by atoms with Gasteiger partial charge in [-0.05, 0) is 48.4 Å². The number of carbonyl (C=O) groups is 1. The van der Waals surface area contributed by atoms with Crippen molar-refractivity contribution in [2.75, 3.05) is 24.3 Å². The molecule has 1 fully saturated rings. The summed E-state index contributed by atoms with van der Waals surface area (Å²) in [5.74, 6) is 1.56. The average molecular weight is 402 g/mol. The molecule has 154 valence electrons. The normalized spacial score (nSPS) is 16.0. The molecule has 1 atom stereocenters. The Hall–Kier alpha value is -3.47. The van der Waals surface area contributed by atoms with Crippen molar-refractivity contribution < 1.29 is 14.3 Å². The van der Waals surface area contributed by atoms with Crippen LogP contribution in [0.5, 0.6) is 11.5 Å². The van der Waals surface area contributed by atoms with Gasteiger partial charge in [0.15, 0.2) is 11.5 Å². The number of ether oxygens (including phenoxy) is 2. The molecule has 0 spiro atoms. The molecule has 0 aliphatic carbocycles. The molecule has 3 aromatic rings. The fourth-order valence-corrected chi connectivity index (χ4v) is 3.90. The van der Waals surface area contributed by atoms with Gasteiger partial charge in [-0.1, -0.05) is 42.0 Å². The van der Waals surface area contributed by atoms with Crippen molar-refractivity contribution in [3.63, 3.8) is 0 Å². The second kappa shape index (κ2) is 8.49. The molecular formula is C25H26N2O3. The molecule has 1 aliphatic heterocycles. The lowest BCUT2D eigenvalue weighted by molar-refractivity contribution is -0.117. The lowest BCUT2D eigenvalue weighted by Crippen LogP contribution is -2.24. The zero-order chi connectivity index (χ0) is 21.1. The molecule has 0 aromatic heterocycles. The number of nitrogens with two attached hydrogens (primary N) is 1. The highest BCUT2D eigenvalue weighted by Crippen LogP contribution is 2.37. The van der Waals surface area contributed by atoms with Gasteiger partial charge in [-0.2, -0.15) is 0 Å². The molecular weight excluding hydrogens is 376 g/mol. The number of nitrogen functional groups attached to an aromatic ring is 1. The zero-order valence-electron chi connectivity index (χ0n) is 17.3. The lowest BCUT2D eigenvalue weighted by atomic mass is 9.98. The Morgan fingerprint density at radius 1 is 1.03 bits per heavy atom. The number of hydrogen-bond acceptors (Lipinski definition) is 4. The Bertz CT molecular complexity index is 1060. The fourth-order valence-electron chi connectivity index (χ4n) is 3.90. The molecule has 4 rings (SSSR count). The first kappa shape index (κ1) is 19.8. The first-order valence-electron chi connectivity index (χ1n) is 10.1. The van der Waals surface area contributed by atoms with Gasteiger partial charge in [0.1, 0.15) is 6.61 Å². The summed E-state index contributed by atoms with van der Waals surface area (Å²) in [6.45, 7) is 3.14. The van der Waals surface area contributed by atoms with Gasteiger partial charge in [-0.15, -0.1) is 0 Å². The largest absolute Gasteiger partial charge is 0.493 e. The molecule has 0 radical (unpaired) electrons. The van der Waals surface area contributed by atoms with Crippen LogP contribution in [0.3, 0.4) is 0 Å². The van der Waals surface area contributed by atoms with Crippen LogP contribution in [0.4, 0.5) is 11.4 Å². The van der Waals surface area contributed by atoms with Gasteiger partial charge in [0.2, 0.25) is 5.91 Å². The van der Waals surface area contributed by atoms with E-state index in [4.69, 9.17) is 15.2 Å². The van der Waals surface area contributed by atoms with E-state index in [0.29, 0.717) is 36.8 Å². The predicted octanol–water partition coefficient (Wildman–Crippen LogP) is 4.69. The highest BCUT2D eigenvalue weighted by Gasteiger charge is 2.32. The third-order valence-corrected chi connectivity index (χ3v) is 5.44. The Balaban J connectivity index is 1.53. The third-order valence-electron chi connectivity index (χ3n) is 5.44. The van der Waals surface area contributed by atoms with Crippen molar-refractivity contribution in [2.24, 2.45) is 0 Å². The molecule has 5 heteroatoms. The van der Waals surface area contributed by atoms with E-state index in [-0.39, 0.29) is 11.8 Å². The molecule has 1 aliphatic rings. The van der Waals surface area contributed by atoms with Crippen LogP contribution in [0.25, 0.3) is 0 Å². The molecule has 0 bridgehead atoms. The molecule has 30 heavy (non-hydrogen) atoms. The van der Waals surface area contributed by atoms with Crippen molar-refractivity contribution >= 4 is 17.3 Å². The fraction of sp³-hybridized carbons (Fsp3) is 0.240. The maximum Gasteiger partial charge on any atom is 0.227 e. The number of methoxy groups -OCH3 is 1. The minimum Gasteiger partial charge on any atom is -0.493 e. The third kappa shape index (κ3) is 4.25. The van der Waals surface area contributed by atoms with Crippen molar-refractivity contribution in [1.82, 2.24) is 0 Å². The monoisotopic (exact) mass is 402 g/mol. The van der Waals surface area contributed by atoms with Crippen LogP contribution in [0.15, 0.2) is 66.7 Å². The predicted molar refractivity (Wildman–Crippen MR) is 119 cm³/mol. The van der Waals surface area contributed by atoms with E-state index in [1.54, 1.807) is 12.0 Å². The van der Waals surface area contributed by atoms with Crippen LogP contribution < -0.4 is 20.1 Å². The van der Waals surface area contributed by atoms with E-state index in [2.05, 4.69) is 19.1 Å². The van der Waals surface area contributed by atoms with E-state index in [1.165, 1.54) is 5.56 Å². The molecule has 1 saturated heterocycles. The number of nitrogens with zero attached hydrogens (tertiary/aromatic N) is 1. The summed E-state index contributed by atoms with van der Waals surface area (Å²) in [6.07, 6.45) is 0.457. The number of benzene rings is 3. The summed E-state index contributed by atoms with van der Waals surface area (Å²) in [7, 11) is 1.63. The topological polar surface area (TPSA) is 64.8 Å². The first-order chi connectivity index (χ1) is 14.5. The Kier molecular flexibility index (Phi) is 5.61. The zero-order valence-corrected chi connectivity index (χ0v) is 17.3. The van der Waals surface area contributed by atoms with E-state index < -0.39 is 0 Å². The molecule has 5 nitrogen and oxygen atoms in total. The van der Waals surface area contributed by atoms with Crippen LogP contribution >= 0.6 is 0 Å². The summed E-state index contributed by atoms with van der Waals surface area (Å²) < 4.78 is 11.6. The maximum atomic E-state index is 12.6. The second-order valence-corrected chi connectivity index (χ2v) is 7.69. The van der Waals surface area contributed by atoms with Crippen molar-refractivity contribution in [2.45, 2.75) is 25.9 Å². The second-order valence-electron chi connectivity index (χ2n) is 7.69. The minimum atomic E-state index is 0.0890. The average Bonchev–Trinajstić information content (AvgIpc) is 3.14. The summed E-state index contributed by atoms with van der Waals surface area (Å²) in [5, 5.41) is 0. The number of carbonyl (C=O) groups excluding carboxylic acids is 1. The lowest BCUT2D eigenvalue weighted by Gasteiger charge is -2.18. The van der Waals surface area contributed by atoms with Crippen LogP contribution in [-0.4, -0.2) is 19.6 Å². The highest BCUT2D eigenvalue weighted by atomic mass is 16.5. The van der Waals surface area contributed by atoms with E-state index >= 15 is 0 Å². The van der Waals surface area contributed by atoms with Gasteiger partial charge in [0, 0.05) is 30.3 Å². The molecule has 2 N–H and O–H groups in total. The Morgan fingerprint density at radius 2 is 1.87 bits per heavy atom. The maximum absolute atomic E-state index is 12.6. The SMILES string of the molecule is COc1ccc([C@H]2CC(=O)N(c3cccc(N)c3)C2)cc1OCc1cccc(C)c1. The van der Waals surface area contributed by atoms with Crippen LogP contribution in [0.1, 0.15) is 29.0 Å². The smallest absolute Gasteiger partial charge is 0.227 e. The molecule has 1 amide bonds. The Morgan fingerprint density at radius 3 is 2.63 bits per heavy atom. The molecule has 0 saturated carbocycles. The van der Waals surface area contributed by atoms with Gasteiger partial charge < -0.3 is 20.1 Å². The summed E-state index contributed by atoms with van der Waals surface area (Å²) in [4.78, 5) is 14.5. The Labute approximate surface area is 177 Å². The van der Waals surface area contributed by atoms with E-state index in [0.717, 1.165) is 16.8 Å². The van der Waals surface area contributed by atoms with Crippen LogP contribution in [-0.2, 0) is 11.4 Å². The number of amides is 1. The number of hydrogen-bond donors (Lipinski definition) is 1. The van der Waals surface area contributed by atoms with Gasteiger partial charge >= 0.3 is 0 Å². The summed E-state index contributed by atoms with van der Waals surface area (Å²) >= 11 is 0. The van der Waals surface area contributed by atoms with Gasteiger partial charge in [0.05, 0.1) is 7.11 Å². The number of anilines is 2. The standard InChI is InChI=1S/C25H26N2O3/c1-17-5-3-6-18(11-17)16-30-24-12-19(9-10-23(24)29-2)20-13-25(28)27(15-20)22-8-4-7-21(26)14-22/h3-12,14,20H,13,15-16,26H2,1-2H3/t20-/m0/s1. The van der Waals surface area contributed by atoms with E-state index in [1.807, 2.05) is 54.6 Å². The van der Waals surface area contributed by atoms with Crippen molar-refractivity contribution in [3.05, 3.63) is 83.4 Å². The summed E-state index contributed by atoms with van der Waals surface area (Å²) in [5.41, 5.74) is 10.7. The molecule has 1 heterocycles.